The summed E-state index contributed by atoms with van der Waals surface area (Å²) in [6.45, 7) is 33.1. The highest BCUT2D eigenvalue weighted by atomic mass is 32.2. The zero-order chi connectivity index (χ0) is 88.7. The molecule has 0 bridgehead atoms. The van der Waals surface area contributed by atoms with Gasteiger partial charge >= 0.3 is 0 Å². The lowest BCUT2D eigenvalue weighted by Gasteiger charge is -2.27. The Morgan fingerprint density at radius 3 is 0.952 bits per heavy atom. The van der Waals surface area contributed by atoms with Crippen molar-refractivity contribution in [3.8, 4) is 0 Å². The largest absolute Gasteiger partial charge is 0.381 e. The van der Waals surface area contributed by atoms with Gasteiger partial charge in [0.05, 0.1) is 115 Å². The van der Waals surface area contributed by atoms with E-state index in [2.05, 4.69) is 53.1 Å². The molecule has 0 unspecified atom stereocenters. The molecule has 0 atom stereocenters. The molecule has 0 amide bonds. The Kier molecular flexibility index (Phi) is 30.6. The van der Waals surface area contributed by atoms with E-state index in [-0.39, 0.29) is 28.6 Å². The number of fused-ring (bicyclic) bond motifs is 4. The zero-order valence-corrected chi connectivity index (χ0v) is 77.4. The van der Waals surface area contributed by atoms with E-state index in [0.29, 0.717) is 88.0 Å². The van der Waals surface area contributed by atoms with Crippen molar-refractivity contribution < 1.29 is 47.9 Å². The highest BCUT2D eigenvalue weighted by Gasteiger charge is 2.33. The molecule has 3 aliphatic rings. The molecule has 3 saturated heterocycles. The van der Waals surface area contributed by atoms with E-state index in [1.54, 1.807) is 85.7 Å². The first-order chi connectivity index (χ1) is 60.0. The van der Waals surface area contributed by atoms with Gasteiger partial charge in [0.25, 0.3) is 40.1 Å². The minimum atomic E-state index is -3.72. The summed E-state index contributed by atoms with van der Waals surface area (Å²) in [6, 6.07) is 56.6. The molecule has 8 aromatic carbocycles. The van der Waals surface area contributed by atoms with Gasteiger partial charge in [-0.05, 0) is 242 Å². The van der Waals surface area contributed by atoms with Gasteiger partial charge in [-0.1, -0.05) is 132 Å². The SMILES string of the molecule is CCc1ccc(N(CC(C)C)S(=O)(=O)c2ccc3c(cnn3C3CCOCC3)c2)cc1.CCc1ccc(N(CC(C)C)S(=O)(=O)c2ccc3c(cnn3CC3CCOCC3)c2)cc1.CCc1ccc(N(CC(C)C)S(=O)(=O)c2ccc3c(cnn3CC3COC3)c2)cc1.CCc1ccc(N(CC(C)C)S(=O)(=O)c2ccc3c(cnn3Cc3ccncc3)c2)cc1. The van der Waals surface area contributed by atoms with Crippen LogP contribution in [0.1, 0.15) is 143 Å². The average molecular weight is 1770 g/mol. The van der Waals surface area contributed by atoms with Crippen LogP contribution in [0.5, 0.6) is 0 Å². The number of aryl methyl sites for hydroxylation is 4. The van der Waals surface area contributed by atoms with Gasteiger partial charge in [0, 0.05) is 106 Å². The molecule has 0 radical (unpaired) electrons. The molecule has 28 heteroatoms. The molecule has 0 aliphatic carbocycles. The molecule has 16 rings (SSSR count). The summed E-state index contributed by atoms with van der Waals surface area (Å²) < 4.78 is 139. The van der Waals surface area contributed by atoms with Gasteiger partial charge in [-0.3, -0.25) is 40.9 Å². The highest BCUT2D eigenvalue weighted by Crippen LogP contribution is 2.36. The van der Waals surface area contributed by atoms with Crippen molar-refractivity contribution in [1.82, 2.24) is 44.1 Å². The van der Waals surface area contributed by atoms with E-state index in [4.69, 9.17) is 14.2 Å². The molecule has 0 N–H and O–H groups in total. The number of benzene rings is 8. The molecule has 3 aliphatic heterocycles. The Hall–Kier alpha value is -10.3. The Labute approximate surface area is 738 Å². The number of hydrogen-bond donors (Lipinski definition) is 0. The van der Waals surface area contributed by atoms with Crippen molar-refractivity contribution in [3.63, 3.8) is 0 Å². The Balaban J connectivity index is 0.000000143. The van der Waals surface area contributed by atoms with Crippen LogP contribution >= 0.6 is 0 Å². The number of sulfonamides is 4. The second-order valence-electron chi connectivity index (χ2n) is 34.4. The molecule has 5 aromatic heterocycles. The predicted octanol–water partition coefficient (Wildman–Crippen LogP) is 18.7. The van der Waals surface area contributed by atoms with Crippen molar-refractivity contribution in [1.29, 1.82) is 0 Å². The minimum absolute atomic E-state index is 0.183. The summed E-state index contributed by atoms with van der Waals surface area (Å²) >= 11 is 0. The Morgan fingerprint density at radius 2 is 0.632 bits per heavy atom. The van der Waals surface area contributed by atoms with Crippen molar-refractivity contribution >= 4 is 106 Å². The number of pyridine rings is 1. The standard InChI is InChI=1S/C25H28N4O2S.C25H33N3O3S.C24H31N3O3S.C23H29N3O3S/c1-4-20-5-7-23(8-6-20)29(17-19(2)3)32(30,31)24-9-10-25-22(15-24)16-27-28(25)18-21-11-13-26-14-12-21;1-4-20-5-7-23(8-6-20)28(17-19(2)3)32(29,30)24-9-10-25-22(15-24)16-26-27(25)18-21-11-13-31-14-12-21;1-4-19-5-7-21(8-6-19)26(17-18(2)3)31(28,29)23-9-10-24-20(15-23)16-25-27(24)22-11-13-30-14-12-22;1-4-18-5-7-21(8-6-18)26(13-17(2)3)30(27,28)22-9-10-23-20(11-22)12-24-25(23)14-19-15-29-16-19/h5-16,19H,4,17-18H2,1-3H3;5-10,15-16,19,21H,4,11-14,17-18H2,1-3H3;5-10,15-16,18,22H,4,11-14,17H2,1-3H3;5-12,17,19H,4,13-16H2,1-3H3. The van der Waals surface area contributed by atoms with Crippen LogP contribution in [0.2, 0.25) is 0 Å². The van der Waals surface area contributed by atoms with Crippen LogP contribution in [-0.2, 0) is 99.6 Å². The molecule has 24 nitrogen and oxygen atoms in total. The minimum Gasteiger partial charge on any atom is -0.381 e. The van der Waals surface area contributed by atoms with Crippen LogP contribution < -0.4 is 17.2 Å². The van der Waals surface area contributed by atoms with Crippen LogP contribution in [0.4, 0.5) is 22.7 Å². The van der Waals surface area contributed by atoms with E-state index in [9.17, 15) is 33.7 Å². The van der Waals surface area contributed by atoms with E-state index in [0.717, 1.165) is 153 Å². The summed E-state index contributed by atoms with van der Waals surface area (Å²) in [7, 11) is -14.8. The maximum Gasteiger partial charge on any atom is 0.264 e. The van der Waals surface area contributed by atoms with Gasteiger partial charge in [-0.15, -0.1) is 0 Å². The van der Waals surface area contributed by atoms with Crippen LogP contribution in [0.15, 0.2) is 239 Å². The maximum atomic E-state index is 13.7. The van der Waals surface area contributed by atoms with Crippen molar-refractivity contribution in [2.24, 2.45) is 35.5 Å². The molecule has 8 heterocycles. The van der Waals surface area contributed by atoms with Crippen molar-refractivity contribution in [2.75, 3.05) is 83.0 Å². The molecule has 0 spiro atoms. The summed E-state index contributed by atoms with van der Waals surface area (Å²) in [5, 5.41) is 21.4. The van der Waals surface area contributed by atoms with Gasteiger partial charge in [0.15, 0.2) is 0 Å². The fourth-order valence-electron chi connectivity index (χ4n) is 15.8. The molecule has 125 heavy (non-hydrogen) atoms. The lowest BCUT2D eigenvalue weighted by Crippen LogP contribution is -2.34. The van der Waals surface area contributed by atoms with Crippen LogP contribution in [0.3, 0.4) is 0 Å². The quantitative estimate of drug-likeness (QED) is 0.0391. The maximum absolute atomic E-state index is 13.7. The molecular formula is C97H121N13O11S4. The Morgan fingerprint density at radius 1 is 0.336 bits per heavy atom. The normalized spacial score (nSPS) is 14.5. The number of aromatic nitrogens is 9. The van der Waals surface area contributed by atoms with Gasteiger partial charge < -0.3 is 14.2 Å². The molecule has 3 fully saturated rings. The zero-order valence-electron chi connectivity index (χ0n) is 74.1. The summed E-state index contributed by atoms with van der Waals surface area (Å²) in [4.78, 5) is 5.21. The van der Waals surface area contributed by atoms with Crippen LogP contribution in [0, 0.1) is 35.5 Å². The highest BCUT2D eigenvalue weighted by molar-refractivity contribution is 7.93. The third-order valence-corrected chi connectivity index (χ3v) is 30.1. The summed E-state index contributed by atoms with van der Waals surface area (Å²) in [6.07, 6.45) is 18.1. The lowest BCUT2D eigenvalue weighted by atomic mass is 10.0. The average Bonchev–Trinajstić information content (AvgIpc) is 1.89. The van der Waals surface area contributed by atoms with Gasteiger partial charge in [-0.25, -0.2) is 33.7 Å². The Bertz CT molecular complexity index is 6200. The number of ether oxygens (including phenoxy) is 3. The lowest BCUT2D eigenvalue weighted by molar-refractivity contribution is -0.0403. The third-order valence-electron chi connectivity index (χ3n) is 22.9. The first kappa shape index (κ1) is 92.3. The van der Waals surface area contributed by atoms with Crippen molar-refractivity contribution in [3.05, 3.63) is 247 Å². The predicted molar refractivity (Wildman–Crippen MR) is 500 cm³/mol. The fraction of sp³-hybridized carbons (Fsp3) is 0.412. The van der Waals surface area contributed by atoms with Gasteiger partial charge in [0.2, 0.25) is 0 Å². The number of hydrogen-bond acceptors (Lipinski definition) is 16. The molecule has 664 valence electrons. The van der Waals surface area contributed by atoms with Crippen LogP contribution in [0.25, 0.3) is 43.6 Å². The topological polar surface area (TPSA) is 261 Å². The smallest absolute Gasteiger partial charge is 0.264 e. The van der Waals surface area contributed by atoms with E-state index < -0.39 is 40.1 Å². The van der Waals surface area contributed by atoms with E-state index >= 15 is 0 Å². The second-order valence-corrected chi connectivity index (χ2v) is 41.8. The van der Waals surface area contributed by atoms with Crippen molar-refractivity contribution in [2.45, 2.75) is 180 Å². The molecule has 0 saturated carbocycles. The van der Waals surface area contributed by atoms with E-state index in [1.165, 1.54) is 39.5 Å². The first-order valence-corrected chi connectivity index (χ1v) is 49.7. The monoisotopic (exact) mass is 1770 g/mol. The number of anilines is 4. The number of rotatable bonds is 31. The first-order valence-electron chi connectivity index (χ1n) is 44.0. The van der Waals surface area contributed by atoms with Gasteiger partial charge in [0.1, 0.15) is 0 Å². The van der Waals surface area contributed by atoms with Crippen LogP contribution in [-0.4, -0.2) is 144 Å². The fourth-order valence-corrected chi connectivity index (χ4v) is 22.4. The summed E-state index contributed by atoms with van der Waals surface area (Å²) in [5.41, 5.74) is 12.4. The summed E-state index contributed by atoms with van der Waals surface area (Å²) in [5.74, 6) is 1.79. The second kappa shape index (κ2) is 41.4. The van der Waals surface area contributed by atoms with Gasteiger partial charge in [-0.2, -0.15) is 20.4 Å². The van der Waals surface area contributed by atoms with E-state index in [1.807, 2.05) is 208 Å². The molecular weight excluding hydrogens is 1650 g/mol. The number of nitrogens with zero attached hydrogens (tertiary/aromatic N) is 13. The molecule has 13 aromatic rings. The third kappa shape index (κ3) is 22.4.